The van der Waals surface area contributed by atoms with Crippen molar-refractivity contribution < 1.29 is 9.59 Å². The highest BCUT2D eigenvalue weighted by Gasteiger charge is 2.52. The van der Waals surface area contributed by atoms with Gasteiger partial charge in [-0.05, 0) is 32.1 Å². The number of nitrogens with one attached hydrogen (secondary N) is 1. The molecule has 3 aliphatic rings. The monoisotopic (exact) mass is 292 g/mol. The van der Waals surface area contributed by atoms with Crippen molar-refractivity contribution in [3.8, 4) is 0 Å². The molecular formula is C17H28N2O2. The van der Waals surface area contributed by atoms with Gasteiger partial charge in [0.05, 0.1) is 0 Å². The summed E-state index contributed by atoms with van der Waals surface area (Å²) >= 11 is 0. The lowest BCUT2D eigenvalue weighted by Gasteiger charge is -2.50. The predicted molar refractivity (Wildman–Crippen MR) is 81.8 cm³/mol. The van der Waals surface area contributed by atoms with Crippen LogP contribution in [-0.2, 0) is 9.59 Å². The fourth-order valence-corrected chi connectivity index (χ4v) is 4.54. The summed E-state index contributed by atoms with van der Waals surface area (Å²) in [5, 5.41) is 3.12. The SMILES string of the molecule is CCC1C(=O)NC2(CCCCC2)C(=O)N1C1CCCCC1. The second kappa shape index (κ2) is 5.98. The molecule has 0 aromatic rings. The Labute approximate surface area is 127 Å². The molecule has 2 saturated carbocycles. The maximum atomic E-state index is 13.2. The van der Waals surface area contributed by atoms with Crippen molar-refractivity contribution in [3.05, 3.63) is 0 Å². The minimum absolute atomic E-state index is 0.0876. The molecule has 1 atom stereocenters. The van der Waals surface area contributed by atoms with E-state index < -0.39 is 5.54 Å². The first-order chi connectivity index (χ1) is 10.2. The largest absolute Gasteiger partial charge is 0.340 e. The fraction of sp³-hybridized carbons (Fsp3) is 0.882. The smallest absolute Gasteiger partial charge is 0.249 e. The van der Waals surface area contributed by atoms with Crippen LogP contribution in [-0.4, -0.2) is 34.3 Å². The number of piperazine rings is 1. The van der Waals surface area contributed by atoms with Gasteiger partial charge in [0.15, 0.2) is 0 Å². The zero-order chi connectivity index (χ0) is 14.9. The number of amides is 2. The van der Waals surface area contributed by atoms with Gasteiger partial charge in [0, 0.05) is 6.04 Å². The van der Waals surface area contributed by atoms with Crippen molar-refractivity contribution >= 4 is 11.8 Å². The highest BCUT2D eigenvalue weighted by Crippen LogP contribution is 2.36. The molecule has 2 amide bonds. The van der Waals surface area contributed by atoms with E-state index in [2.05, 4.69) is 5.32 Å². The number of hydrogen-bond donors (Lipinski definition) is 1. The first kappa shape index (κ1) is 14.9. The Kier molecular flexibility index (Phi) is 4.23. The second-order valence-electron chi connectivity index (χ2n) is 7.06. The molecule has 0 aromatic heterocycles. The molecule has 4 heteroatoms. The van der Waals surface area contributed by atoms with E-state index in [0.717, 1.165) is 44.9 Å². The van der Waals surface area contributed by atoms with Crippen molar-refractivity contribution in [3.63, 3.8) is 0 Å². The lowest BCUT2D eigenvalue weighted by molar-refractivity contribution is -0.160. The minimum Gasteiger partial charge on any atom is -0.340 e. The summed E-state index contributed by atoms with van der Waals surface area (Å²) in [6, 6.07) is 0.0502. The van der Waals surface area contributed by atoms with Crippen LogP contribution in [0.25, 0.3) is 0 Å². The molecular weight excluding hydrogens is 264 g/mol. The Morgan fingerprint density at radius 1 is 1.05 bits per heavy atom. The average Bonchev–Trinajstić information content (AvgIpc) is 2.52. The molecule has 3 rings (SSSR count). The Balaban J connectivity index is 1.88. The molecule has 3 fully saturated rings. The van der Waals surface area contributed by atoms with Crippen LogP contribution in [0.4, 0.5) is 0 Å². The van der Waals surface area contributed by atoms with Gasteiger partial charge in [-0.1, -0.05) is 45.4 Å². The lowest BCUT2D eigenvalue weighted by Crippen LogP contribution is -2.72. The van der Waals surface area contributed by atoms with E-state index in [0.29, 0.717) is 6.04 Å². The normalized spacial score (nSPS) is 30.5. The molecule has 0 bridgehead atoms. The molecule has 0 aromatic carbocycles. The van der Waals surface area contributed by atoms with Gasteiger partial charge in [-0.25, -0.2) is 0 Å². The maximum absolute atomic E-state index is 13.2. The molecule has 2 aliphatic carbocycles. The van der Waals surface area contributed by atoms with Gasteiger partial charge >= 0.3 is 0 Å². The van der Waals surface area contributed by atoms with E-state index in [1.807, 2.05) is 11.8 Å². The molecule has 1 heterocycles. The summed E-state index contributed by atoms with van der Waals surface area (Å²) in [4.78, 5) is 27.8. The molecule has 1 saturated heterocycles. The van der Waals surface area contributed by atoms with Crippen molar-refractivity contribution in [1.82, 2.24) is 10.2 Å². The van der Waals surface area contributed by atoms with Crippen LogP contribution in [0.1, 0.15) is 77.6 Å². The average molecular weight is 292 g/mol. The van der Waals surface area contributed by atoms with Gasteiger partial charge in [0.25, 0.3) is 0 Å². The third-order valence-electron chi connectivity index (χ3n) is 5.71. The Morgan fingerprint density at radius 3 is 2.29 bits per heavy atom. The van der Waals surface area contributed by atoms with Crippen LogP contribution in [0.2, 0.25) is 0 Å². The van der Waals surface area contributed by atoms with Crippen LogP contribution in [0, 0.1) is 0 Å². The van der Waals surface area contributed by atoms with Gasteiger partial charge in [0.1, 0.15) is 11.6 Å². The van der Waals surface area contributed by atoms with E-state index in [1.54, 1.807) is 0 Å². The highest BCUT2D eigenvalue weighted by molar-refractivity contribution is 6.00. The van der Waals surface area contributed by atoms with Crippen LogP contribution < -0.4 is 5.32 Å². The topological polar surface area (TPSA) is 49.4 Å². The van der Waals surface area contributed by atoms with Crippen molar-refractivity contribution in [2.24, 2.45) is 0 Å². The van der Waals surface area contributed by atoms with Crippen LogP contribution in [0.5, 0.6) is 0 Å². The summed E-state index contributed by atoms with van der Waals surface area (Å²) in [5.41, 5.74) is -0.571. The van der Waals surface area contributed by atoms with Gasteiger partial charge < -0.3 is 10.2 Å². The van der Waals surface area contributed by atoms with Crippen LogP contribution >= 0.6 is 0 Å². The van der Waals surface area contributed by atoms with Gasteiger partial charge in [0.2, 0.25) is 11.8 Å². The minimum atomic E-state index is -0.571. The predicted octanol–water partition coefficient (Wildman–Crippen LogP) is 2.76. The molecule has 1 spiro atoms. The summed E-state index contributed by atoms with van der Waals surface area (Å²) in [6.07, 6.45) is 11.5. The third-order valence-corrected chi connectivity index (χ3v) is 5.71. The maximum Gasteiger partial charge on any atom is 0.249 e. The zero-order valence-corrected chi connectivity index (χ0v) is 13.2. The number of carbonyl (C=O) groups is 2. The second-order valence-corrected chi connectivity index (χ2v) is 7.06. The number of nitrogens with zero attached hydrogens (tertiary/aromatic N) is 1. The number of hydrogen-bond acceptors (Lipinski definition) is 2. The zero-order valence-electron chi connectivity index (χ0n) is 13.2. The summed E-state index contributed by atoms with van der Waals surface area (Å²) in [6.45, 7) is 2.02. The summed E-state index contributed by atoms with van der Waals surface area (Å²) < 4.78 is 0. The first-order valence-electron chi connectivity index (χ1n) is 8.83. The van der Waals surface area contributed by atoms with Gasteiger partial charge in [-0.15, -0.1) is 0 Å². The van der Waals surface area contributed by atoms with E-state index in [9.17, 15) is 9.59 Å². The Bertz CT molecular complexity index is 409. The number of rotatable bonds is 2. The fourth-order valence-electron chi connectivity index (χ4n) is 4.54. The van der Waals surface area contributed by atoms with E-state index in [1.165, 1.54) is 25.7 Å². The lowest BCUT2D eigenvalue weighted by atomic mass is 9.77. The third kappa shape index (κ3) is 2.58. The standard InChI is InChI=1S/C17H28N2O2/c1-2-14-15(20)18-17(11-7-4-8-12-17)16(21)19(14)13-9-5-3-6-10-13/h13-14H,2-12H2,1H3,(H,18,20). The van der Waals surface area contributed by atoms with E-state index >= 15 is 0 Å². The van der Waals surface area contributed by atoms with E-state index in [4.69, 9.17) is 0 Å². The van der Waals surface area contributed by atoms with Crippen molar-refractivity contribution in [1.29, 1.82) is 0 Å². The Morgan fingerprint density at radius 2 is 1.67 bits per heavy atom. The first-order valence-corrected chi connectivity index (χ1v) is 8.83. The quantitative estimate of drug-likeness (QED) is 0.851. The summed E-state index contributed by atoms with van der Waals surface area (Å²) in [7, 11) is 0. The number of carbonyl (C=O) groups excluding carboxylic acids is 2. The van der Waals surface area contributed by atoms with Crippen molar-refractivity contribution in [2.45, 2.75) is 95.2 Å². The molecule has 21 heavy (non-hydrogen) atoms. The highest BCUT2D eigenvalue weighted by atomic mass is 16.2. The molecule has 4 nitrogen and oxygen atoms in total. The van der Waals surface area contributed by atoms with E-state index in [-0.39, 0.29) is 17.9 Å². The molecule has 1 aliphatic heterocycles. The van der Waals surface area contributed by atoms with Crippen molar-refractivity contribution in [2.75, 3.05) is 0 Å². The summed E-state index contributed by atoms with van der Waals surface area (Å²) in [5.74, 6) is 0.310. The van der Waals surface area contributed by atoms with Crippen LogP contribution in [0.15, 0.2) is 0 Å². The molecule has 1 unspecified atom stereocenters. The molecule has 118 valence electrons. The Hall–Kier alpha value is -1.06. The molecule has 1 N–H and O–H groups in total. The molecule has 0 radical (unpaired) electrons. The van der Waals surface area contributed by atoms with Crippen LogP contribution in [0.3, 0.4) is 0 Å². The van der Waals surface area contributed by atoms with Gasteiger partial charge in [-0.2, -0.15) is 0 Å². The van der Waals surface area contributed by atoms with Gasteiger partial charge in [-0.3, -0.25) is 9.59 Å².